The normalized spacial score (nSPS) is 11.8. The van der Waals surface area contributed by atoms with Crippen molar-refractivity contribution in [2.24, 2.45) is 0 Å². The second kappa shape index (κ2) is 12.9. The fourth-order valence-electron chi connectivity index (χ4n) is 9.32. The number of rotatable bonds is 6. The third kappa shape index (κ3) is 4.88. The van der Waals surface area contributed by atoms with E-state index in [4.69, 9.17) is 0 Å². The summed E-state index contributed by atoms with van der Waals surface area (Å²) in [7, 11) is 0. The summed E-state index contributed by atoms with van der Waals surface area (Å²) in [5.74, 6) is 0. The highest BCUT2D eigenvalue weighted by Gasteiger charge is 2.19. The van der Waals surface area contributed by atoms with Crippen molar-refractivity contribution in [3.8, 4) is 17.1 Å². The van der Waals surface area contributed by atoms with E-state index < -0.39 is 0 Å². The lowest BCUT2D eigenvalue weighted by atomic mass is 10.1. The lowest BCUT2D eigenvalue weighted by Crippen LogP contribution is -2.11. The van der Waals surface area contributed by atoms with Gasteiger partial charge in [-0.15, -0.1) is 0 Å². The van der Waals surface area contributed by atoms with Crippen molar-refractivity contribution in [3.63, 3.8) is 0 Å². The Balaban J connectivity index is 1.03. The average Bonchev–Trinajstić information content (AvgIpc) is 3.93. The van der Waals surface area contributed by atoms with E-state index in [1.165, 1.54) is 65.4 Å². The Hall–Kier alpha value is -7.82. The number of hydrogen-bond donors (Lipinski definition) is 0. The zero-order valence-corrected chi connectivity index (χ0v) is 31.6. The summed E-state index contributed by atoms with van der Waals surface area (Å²) < 4.78 is 7.15. The molecule has 0 amide bonds. The lowest BCUT2D eigenvalue weighted by Gasteiger charge is -2.27. The Morgan fingerprint density at radius 3 is 0.845 bits per heavy atom. The van der Waals surface area contributed by atoms with Crippen LogP contribution in [0.25, 0.3) is 82.5 Å². The summed E-state index contributed by atoms with van der Waals surface area (Å²) in [4.78, 5) is 2.38. The molecule has 0 aliphatic heterocycles. The molecule has 0 saturated carbocycles. The number of benzene rings is 9. The SMILES string of the molecule is c1cc(N(c2ccc(-n3c4ccccc4c4ccccc43)cc2)c2ccc(-n3c4ccccc4c4ccccc43)cc2)cc(-n2c3ccccc3c3ccccc32)c1. The molecule has 9 aromatic carbocycles. The first kappa shape index (κ1) is 32.4. The van der Waals surface area contributed by atoms with E-state index in [-0.39, 0.29) is 0 Å². The molecule has 0 spiro atoms. The molecule has 0 fully saturated rings. The Kier molecular flexibility index (Phi) is 7.20. The van der Waals surface area contributed by atoms with Crippen LogP contribution in [0.15, 0.2) is 218 Å². The molecule has 58 heavy (non-hydrogen) atoms. The molecule has 0 N–H and O–H groups in total. The first-order valence-corrected chi connectivity index (χ1v) is 19.9. The summed E-state index contributed by atoms with van der Waals surface area (Å²) in [5, 5.41) is 7.54. The third-order valence-electron chi connectivity index (χ3n) is 11.8. The molecule has 12 rings (SSSR count). The number of nitrogens with zero attached hydrogens (tertiary/aromatic N) is 4. The van der Waals surface area contributed by atoms with Gasteiger partial charge < -0.3 is 18.6 Å². The van der Waals surface area contributed by atoms with Gasteiger partial charge in [0.25, 0.3) is 0 Å². The number of fused-ring (bicyclic) bond motifs is 9. The van der Waals surface area contributed by atoms with Crippen LogP contribution in [-0.2, 0) is 0 Å². The maximum absolute atomic E-state index is 2.39. The van der Waals surface area contributed by atoms with Crippen LogP contribution < -0.4 is 4.90 Å². The van der Waals surface area contributed by atoms with Gasteiger partial charge in [-0.05, 0) is 103 Å². The molecule has 4 heteroatoms. The van der Waals surface area contributed by atoms with Crippen LogP contribution in [0.5, 0.6) is 0 Å². The van der Waals surface area contributed by atoms with Crippen molar-refractivity contribution in [1.82, 2.24) is 13.7 Å². The topological polar surface area (TPSA) is 18.0 Å². The van der Waals surface area contributed by atoms with Gasteiger partial charge in [-0.3, -0.25) is 0 Å². The molecule has 0 aliphatic rings. The average molecular weight is 741 g/mol. The number of para-hydroxylation sites is 6. The van der Waals surface area contributed by atoms with Crippen molar-refractivity contribution >= 4 is 82.5 Å². The van der Waals surface area contributed by atoms with Crippen molar-refractivity contribution in [2.75, 3.05) is 4.90 Å². The maximum Gasteiger partial charge on any atom is 0.0541 e. The highest BCUT2D eigenvalue weighted by Crippen LogP contribution is 2.40. The molecule has 3 heterocycles. The maximum atomic E-state index is 2.39. The zero-order chi connectivity index (χ0) is 38.2. The van der Waals surface area contributed by atoms with Crippen molar-refractivity contribution in [1.29, 1.82) is 0 Å². The van der Waals surface area contributed by atoms with Crippen LogP contribution in [-0.4, -0.2) is 13.7 Å². The first-order chi connectivity index (χ1) is 28.8. The fraction of sp³-hybridized carbons (Fsp3) is 0. The molecule has 0 bridgehead atoms. The molecule has 0 saturated heterocycles. The van der Waals surface area contributed by atoms with E-state index in [0.717, 1.165) is 34.1 Å². The fourth-order valence-corrected chi connectivity index (χ4v) is 9.32. The summed E-state index contributed by atoms with van der Waals surface area (Å²) in [6.45, 7) is 0. The Morgan fingerprint density at radius 1 is 0.224 bits per heavy atom. The Bertz CT molecular complexity index is 3190. The van der Waals surface area contributed by atoms with Crippen LogP contribution in [0.4, 0.5) is 17.1 Å². The highest BCUT2D eigenvalue weighted by molar-refractivity contribution is 6.11. The smallest absolute Gasteiger partial charge is 0.0541 e. The number of aromatic nitrogens is 3. The van der Waals surface area contributed by atoms with Gasteiger partial charge in [-0.25, -0.2) is 0 Å². The van der Waals surface area contributed by atoms with Crippen molar-refractivity contribution in [2.45, 2.75) is 0 Å². The third-order valence-corrected chi connectivity index (χ3v) is 11.8. The number of hydrogen-bond acceptors (Lipinski definition) is 1. The van der Waals surface area contributed by atoms with Crippen LogP contribution in [0, 0.1) is 0 Å². The van der Waals surface area contributed by atoms with E-state index in [0.29, 0.717) is 0 Å². The van der Waals surface area contributed by atoms with Gasteiger partial charge >= 0.3 is 0 Å². The second-order valence-electron chi connectivity index (χ2n) is 15.0. The van der Waals surface area contributed by atoms with Crippen molar-refractivity contribution < 1.29 is 0 Å². The van der Waals surface area contributed by atoms with Crippen LogP contribution >= 0.6 is 0 Å². The van der Waals surface area contributed by atoms with Gasteiger partial charge in [0.05, 0.1) is 33.1 Å². The Labute approximate surface area is 335 Å². The molecule has 0 atom stereocenters. The summed E-state index contributed by atoms with van der Waals surface area (Å²) in [6.07, 6.45) is 0. The molecule has 0 aliphatic carbocycles. The van der Waals surface area contributed by atoms with Crippen LogP contribution in [0.1, 0.15) is 0 Å². The molecular weight excluding hydrogens is 705 g/mol. The van der Waals surface area contributed by atoms with Gasteiger partial charge in [0.15, 0.2) is 0 Å². The van der Waals surface area contributed by atoms with E-state index >= 15 is 0 Å². The van der Waals surface area contributed by atoms with Gasteiger partial charge in [-0.2, -0.15) is 0 Å². The minimum Gasteiger partial charge on any atom is -0.310 e. The van der Waals surface area contributed by atoms with Gasteiger partial charge in [0.1, 0.15) is 0 Å². The summed E-state index contributed by atoms with van der Waals surface area (Å²) in [6, 6.07) is 79.1. The van der Waals surface area contributed by atoms with E-state index in [1.54, 1.807) is 0 Å². The largest absolute Gasteiger partial charge is 0.310 e. The van der Waals surface area contributed by atoms with Crippen LogP contribution in [0.2, 0.25) is 0 Å². The summed E-state index contributed by atoms with van der Waals surface area (Å²) >= 11 is 0. The van der Waals surface area contributed by atoms with E-state index in [9.17, 15) is 0 Å². The molecular formula is C54H36N4. The molecule has 4 nitrogen and oxygen atoms in total. The number of anilines is 3. The Morgan fingerprint density at radius 2 is 0.517 bits per heavy atom. The predicted molar refractivity (Wildman–Crippen MR) is 244 cm³/mol. The van der Waals surface area contributed by atoms with E-state index in [1.807, 2.05) is 0 Å². The lowest BCUT2D eigenvalue weighted by molar-refractivity contribution is 1.16. The predicted octanol–water partition coefficient (Wildman–Crippen LogP) is 14.4. The molecule has 272 valence electrons. The molecule has 3 aromatic heterocycles. The van der Waals surface area contributed by atoms with Gasteiger partial charge in [0, 0.05) is 66.4 Å². The van der Waals surface area contributed by atoms with E-state index in [2.05, 4.69) is 237 Å². The minimum absolute atomic E-state index is 1.08. The molecule has 12 aromatic rings. The standard InChI is InChI=1S/C54H36N4/c1-7-22-49-43(16-1)44-17-2-8-23-50(44)56(49)39-32-28-37(29-33-39)55(38-30-34-40(35-31-38)57-51-24-9-3-18-45(51)46-19-4-10-25-52(46)57)41-14-13-15-42(36-41)58-53-26-11-5-20-47(53)48-21-6-12-27-54(48)58/h1-36H. The minimum atomic E-state index is 1.08. The monoisotopic (exact) mass is 740 g/mol. The van der Waals surface area contributed by atoms with Gasteiger partial charge in [-0.1, -0.05) is 115 Å². The zero-order valence-electron chi connectivity index (χ0n) is 31.6. The molecule has 0 unspecified atom stereocenters. The van der Waals surface area contributed by atoms with Gasteiger partial charge in [0.2, 0.25) is 0 Å². The molecule has 0 radical (unpaired) electrons. The quantitative estimate of drug-likeness (QED) is 0.166. The van der Waals surface area contributed by atoms with Crippen LogP contribution in [0.3, 0.4) is 0 Å². The first-order valence-electron chi connectivity index (χ1n) is 19.9. The highest BCUT2D eigenvalue weighted by atomic mass is 15.1. The summed E-state index contributed by atoms with van der Waals surface area (Å²) in [5.41, 5.74) is 13.8. The van der Waals surface area contributed by atoms with Crippen molar-refractivity contribution in [3.05, 3.63) is 218 Å². The second-order valence-corrected chi connectivity index (χ2v) is 15.0.